The lowest BCUT2D eigenvalue weighted by Gasteiger charge is -2.08. The number of hydrogen-bond donors (Lipinski definition) is 1. The van der Waals surface area contributed by atoms with Crippen LogP contribution in [0.2, 0.25) is 0 Å². The fraction of sp³-hybridized carbons (Fsp3) is 0.182. The number of carbonyl (C=O) groups is 1. The van der Waals surface area contributed by atoms with E-state index in [9.17, 15) is 18.5 Å². The van der Waals surface area contributed by atoms with Crippen molar-refractivity contribution < 1.29 is 22.7 Å². The maximum absolute atomic E-state index is 12.4. The van der Waals surface area contributed by atoms with Crippen LogP contribution in [0.1, 0.15) is 12.5 Å². The highest BCUT2D eigenvalue weighted by Crippen LogP contribution is 2.18. The molecule has 0 radical (unpaired) electrons. The van der Waals surface area contributed by atoms with Crippen molar-refractivity contribution in [2.24, 2.45) is 0 Å². The quantitative estimate of drug-likeness (QED) is 0.263. The third kappa shape index (κ3) is 6.86. The Labute approximate surface area is 195 Å². The van der Waals surface area contributed by atoms with Crippen LogP contribution in [0.15, 0.2) is 65.3 Å². The lowest BCUT2D eigenvalue weighted by atomic mass is 10.1. The zero-order valence-corrected chi connectivity index (χ0v) is 19.2. The molecular weight excluding hydrogens is 464 g/mol. The maximum atomic E-state index is 12.4. The predicted molar refractivity (Wildman–Crippen MR) is 124 cm³/mol. The van der Waals surface area contributed by atoms with Crippen LogP contribution in [-0.4, -0.2) is 42.6 Å². The van der Waals surface area contributed by atoms with Crippen molar-refractivity contribution in [3.05, 3.63) is 65.7 Å². The van der Waals surface area contributed by atoms with E-state index in [4.69, 9.17) is 9.47 Å². The van der Waals surface area contributed by atoms with Gasteiger partial charge in [0.1, 0.15) is 36.4 Å². The first-order chi connectivity index (χ1) is 15.9. The standard InChI is InChI=1S/C22H20N4O5S2/c1-2-33(28,29)22-25-21(32-26-22)24-20(27)17(15-23)14-16-8-10-19(11-9-16)31-13-12-30-18-6-4-3-5-7-18/h3-11,14H,2,12-13H2,1H3,(H,24,25,26,27). The molecule has 0 unspecified atom stereocenters. The molecule has 9 nitrogen and oxygen atoms in total. The number of anilines is 1. The van der Waals surface area contributed by atoms with Gasteiger partial charge in [0.15, 0.2) is 0 Å². The van der Waals surface area contributed by atoms with Gasteiger partial charge in [0, 0.05) is 11.5 Å². The van der Waals surface area contributed by atoms with Gasteiger partial charge in [-0.2, -0.15) is 14.6 Å². The van der Waals surface area contributed by atoms with Crippen molar-refractivity contribution in [3.63, 3.8) is 0 Å². The predicted octanol–water partition coefficient (Wildman–Crippen LogP) is 3.34. The second-order valence-corrected chi connectivity index (χ2v) is 9.41. The van der Waals surface area contributed by atoms with Gasteiger partial charge in [-0.15, -0.1) is 0 Å². The molecule has 11 heteroatoms. The second-order valence-electron chi connectivity index (χ2n) is 6.49. The van der Waals surface area contributed by atoms with Gasteiger partial charge in [-0.3, -0.25) is 10.1 Å². The Balaban J connectivity index is 1.56. The number of nitrogens with one attached hydrogen (secondary N) is 1. The number of nitriles is 1. The summed E-state index contributed by atoms with van der Waals surface area (Å²) in [6.07, 6.45) is 1.41. The minimum Gasteiger partial charge on any atom is -0.490 e. The summed E-state index contributed by atoms with van der Waals surface area (Å²) in [6.45, 7) is 2.21. The van der Waals surface area contributed by atoms with Crippen molar-refractivity contribution in [2.45, 2.75) is 12.1 Å². The molecule has 1 heterocycles. The maximum Gasteiger partial charge on any atom is 0.268 e. The molecule has 0 aliphatic carbocycles. The van der Waals surface area contributed by atoms with Crippen LogP contribution in [0.3, 0.4) is 0 Å². The number of amides is 1. The largest absolute Gasteiger partial charge is 0.490 e. The van der Waals surface area contributed by atoms with Gasteiger partial charge >= 0.3 is 0 Å². The first-order valence-corrected chi connectivity index (χ1v) is 12.2. The van der Waals surface area contributed by atoms with E-state index in [1.54, 1.807) is 24.3 Å². The number of benzene rings is 2. The summed E-state index contributed by atoms with van der Waals surface area (Å²) >= 11 is 0.729. The SMILES string of the molecule is CCS(=O)(=O)c1nsc(NC(=O)C(C#N)=Cc2ccc(OCCOc3ccccc3)cc2)n1. The second kappa shape index (κ2) is 11.2. The van der Waals surface area contributed by atoms with E-state index in [0.29, 0.717) is 24.5 Å². The first-order valence-electron chi connectivity index (χ1n) is 9.81. The molecule has 33 heavy (non-hydrogen) atoms. The highest BCUT2D eigenvalue weighted by molar-refractivity contribution is 7.91. The number of hydrogen-bond acceptors (Lipinski definition) is 9. The molecule has 1 amide bonds. The number of carbonyl (C=O) groups excluding carboxylic acids is 1. The topological polar surface area (TPSA) is 131 Å². The van der Waals surface area contributed by atoms with E-state index in [-0.39, 0.29) is 21.6 Å². The fourth-order valence-electron chi connectivity index (χ4n) is 2.49. The van der Waals surface area contributed by atoms with Crippen molar-refractivity contribution in [3.8, 4) is 17.6 Å². The molecule has 0 saturated heterocycles. The van der Waals surface area contributed by atoms with Gasteiger partial charge < -0.3 is 9.47 Å². The molecule has 0 aliphatic rings. The smallest absolute Gasteiger partial charge is 0.268 e. The minimum absolute atomic E-state index is 0.00496. The lowest BCUT2D eigenvalue weighted by molar-refractivity contribution is -0.112. The zero-order valence-electron chi connectivity index (χ0n) is 17.6. The summed E-state index contributed by atoms with van der Waals surface area (Å²) < 4.78 is 38.5. The van der Waals surface area contributed by atoms with E-state index in [0.717, 1.165) is 17.3 Å². The van der Waals surface area contributed by atoms with Crippen LogP contribution < -0.4 is 14.8 Å². The van der Waals surface area contributed by atoms with Crippen LogP contribution in [0.4, 0.5) is 5.13 Å². The van der Waals surface area contributed by atoms with Gasteiger partial charge in [-0.1, -0.05) is 37.3 Å². The molecule has 0 atom stereocenters. The van der Waals surface area contributed by atoms with Gasteiger partial charge in [-0.25, -0.2) is 8.42 Å². The average molecular weight is 485 g/mol. The summed E-state index contributed by atoms with van der Waals surface area (Å²) in [5.74, 6) is 0.513. The molecule has 0 saturated carbocycles. The fourth-order valence-corrected chi connectivity index (χ4v) is 4.08. The normalized spacial score (nSPS) is 11.5. The Kier molecular flexibility index (Phi) is 8.12. The zero-order chi connectivity index (χ0) is 23.7. The molecule has 2 aromatic carbocycles. The van der Waals surface area contributed by atoms with Crippen LogP contribution in [0.25, 0.3) is 6.08 Å². The number of sulfone groups is 1. The van der Waals surface area contributed by atoms with E-state index < -0.39 is 15.7 Å². The van der Waals surface area contributed by atoms with Crippen molar-refractivity contribution in [1.82, 2.24) is 9.36 Å². The van der Waals surface area contributed by atoms with Crippen molar-refractivity contribution in [1.29, 1.82) is 5.26 Å². The summed E-state index contributed by atoms with van der Waals surface area (Å²) in [5.41, 5.74) is 0.441. The Morgan fingerprint density at radius 3 is 2.33 bits per heavy atom. The molecule has 0 fully saturated rings. The molecular formula is C22H20N4O5S2. The molecule has 1 aromatic heterocycles. The Morgan fingerprint density at radius 1 is 1.09 bits per heavy atom. The summed E-state index contributed by atoms with van der Waals surface area (Å²) in [5, 5.41) is 11.4. The number of ether oxygens (including phenoxy) is 2. The average Bonchev–Trinajstić information content (AvgIpc) is 3.31. The van der Waals surface area contributed by atoms with Gasteiger partial charge in [0.25, 0.3) is 11.1 Å². The van der Waals surface area contributed by atoms with Gasteiger partial charge in [0.2, 0.25) is 15.0 Å². The highest BCUT2D eigenvalue weighted by Gasteiger charge is 2.20. The van der Waals surface area contributed by atoms with Crippen LogP contribution in [0.5, 0.6) is 11.5 Å². The summed E-state index contributed by atoms with van der Waals surface area (Å²) in [7, 11) is -3.58. The third-order valence-electron chi connectivity index (χ3n) is 4.21. The Morgan fingerprint density at radius 2 is 1.73 bits per heavy atom. The molecule has 0 bridgehead atoms. The molecule has 3 aromatic rings. The molecule has 1 N–H and O–H groups in total. The number of para-hydroxylation sites is 1. The monoisotopic (exact) mass is 484 g/mol. The minimum atomic E-state index is -3.58. The van der Waals surface area contributed by atoms with Crippen molar-refractivity contribution in [2.75, 3.05) is 24.3 Å². The molecule has 3 rings (SSSR count). The number of nitrogens with zero attached hydrogens (tertiary/aromatic N) is 3. The van der Waals surface area contributed by atoms with Gasteiger partial charge in [-0.05, 0) is 35.9 Å². The third-order valence-corrected chi connectivity index (χ3v) is 6.45. The Hall–Kier alpha value is -3.75. The summed E-state index contributed by atoms with van der Waals surface area (Å²) in [4.78, 5) is 16.2. The van der Waals surface area contributed by atoms with Crippen LogP contribution >= 0.6 is 11.5 Å². The summed E-state index contributed by atoms with van der Waals surface area (Å²) in [6, 6.07) is 18.1. The molecule has 0 spiro atoms. The van der Waals surface area contributed by atoms with Gasteiger partial charge in [0.05, 0.1) is 5.75 Å². The van der Waals surface area contributed by atoms with E-state index in [2.05, 4.69) is 14.7 Å². The lowest BCUT2D eigenvalue weighted by Crippen LogP contribution is -2.13. The van der Waals surface area contributed by atoms with E-state index in [1.165, 1.54) is 13.0 Å². The number of rotatable bonds is 10. The molecule has 0 aliphatic heterocycles. The number of aromatic nitrogens is 2. The Bertz CT molecular complexity index is 1260. The van der Waals surface area contributed by atoms with E-state index >= 15 is 0 Å². The van der Waals surface area contributed by atoms with Crippen LogP contribution in [0, 0.1) is 11.3 Å². The molecule has 170 valence electrons. The van der Waals surface area contributed by atoms with Crippen LogP contribution in [-0.2, 0) is 14.6 Å². The van der Waals surface area contributed by atoms with Crippen molar-refractivity contribution >= 4 is 38.5 Å². The first kappa shape index (κ1) is 23.9. The highest BCUT2D eigenvalue weighted by atomic mass is 32.2. The van der Waals surface area contributed by atoms with E-state index in [1.807, 2.05) is 36.4 Å².